The zero-order chi connectivity index (χ0) is 14.8. The highest BCUT2D eigenvalue weighted by atomic mass is 32.3. The number of rotatable bonds is 8. The van der Waals surface area contributed by atoms with E-state index in [1.165, 1.54) is 0 Å². The van der Waals surface area contributed by atoms with E-state index in [4.69, 9.17) is 8.37 Å². The summed E-state index contributed by atoms with van der Waals surface area (Å²) >= 11 is 0. The lowest BCUT2D eigenvalue weighted by Crippen LogP contribution is -2.36. The molecule has 1 aromatic rings. The van der Waals surface area contributed by atoms with Crippen LogP contribution < -0.4 is 10.6 Å². The van der Waals surface area contributed by atoms with Gasteiger partial charge in [0.05, 0.1) is 14.2 Å². The van der Waals surface area contributed by atoms with Crippen LogP contribution in [0.1, 0.15) is 12.0 Å². The van der Waals surface area contributed by atoms with Gasteiger partial charge in [-0.15, -0.1) is 0 Å². The standard InChI is InChI=1S/C14H24N2O3S/c1-18-20(3,19-2)11-7-10-15-14(17)16-12-13-8-5-4-6-9-13/h4-6,8-9H,7,10-12H2,1-3H3,(H2,15,16,17). The lowest BCUT2D eigenvalue weighted by Gasteiger charge is -2.36. The lowest BCUT2D eigenvalue weighted by molar-refractivity contribution is 0.240. The molecule has 0 fully saturated rings. The Labute approximate surface area is 122 Å². The molecule has 0 spiro atoms. The summed E-state index contributed by atoms with van der Waals surface area (Å²) in [7, 11) is 1.86. The first-order valence-electron chi connectivity index (χ1n) is 6.52. The van der Waals surface area contributed by atoms with E-state index in [1.54, 1.807) is 14.2 Å². The van der Waals surface area contributed by atoms with Crippen molar-refractivity contribution in [1.29, 1.82) is 0 Å². The van der Waals surface area contributed by atoms with Crippen molar-refractivity contribution in [2.45, 2.75) is 13.0 Å². The van der Waals surface area contributed by atoms with E-state index in [9.17, 15) is 4.79 Å². The Morgan fingerprint density at radius 1 is 1.15 bits per heavy atom. The van der Waals surface area contributed by atoms with Crippen LogP contribution in [0.3, 0.4) is 0 Å². The van der Waals surface area contributed by atoms with Crippen LogP contribution in [0.5, 0.6) is 0 Å². The van der Waals surface area contributed by atoms with E-state index in [0.29, 0.717) is 13.1 Å². The maximum atomic E-state index is 11.6. The molecule has 0 saturated carbocycles. The van der Waals surface area contributed by atoms with Gasteiger partial charge in [-0.1, -0.05) is 30.3 Å². The summed E-state index contributed by atoms with van der Waals surface area (Å²) in [6.45, 7) is 1.14. The molecule has 0 bridgehead atoms. The van der Waals surface area contributed by atoms with Crippen molar-refractivity contribution in [2.24, 2.45) is 0 Å². The van der Waals surface area contributed by atoms with Gasteiger partial charge < -0.3 is 10.6 Å². The van der Waals surface area contributed by atoms with Gasteiger partial charge >= 0.3 is 6.03 Å². The zero-order valence-corrected chi connectivity index (χ0v) is 13.2. The molecule has 6 heteroatoms. The van der Waals surface area contributed by atoms with Crippen LogP contribution in [0.2, 0.25) is 0 Å². The molecule has 1 aromatic carbocycles. The smallest absolute Gasteiger partial charge is 0.315 e. The summed E-state index contributed by atoms with van der Waals surface area (Å²) in [4.78, 5) is 11.6. The molecule has 0 aliphatic heterocycles. The Bertz CT molecular complexity index is 397. The van der Waals surface area contributed by atoms with Crippen molar-refractivity contribution in [3.05, 3.63) is 35.9 Å². The lowest BCUT2D eigenvalue weighted by atomic mass is 10.2. The van der Waals surface area contributed by atoms with Crippen LogP contribution in [-0.2, 0) is 14.9 Å². The second kappa shape index (κ2) is 8.84. The Hall–Kier alpha value is -1.24. The van der Waals surface area contributed by atoms with Gasteiger partial charge in [-0.3, -0.25) is 8.37 Å². The normalized spacial score (nSPS) is 11.9. The van der Waals surface area contributed by atoms with Crippen LogP contribution in [0.25, 0.3) is 0 Å². The molecule has 0 saturated heterocycles. The Morgan fingerprint density at radius 3 is 2.40 bits per heavy atom. The van der Waals surface area contributed by atoms with E-state index in [2.05, 4.69) is 10.6 Å². The van der Waals surface area contributed by atoms with Gasteiger partial charge in [0, 0.05) is 25.1 Å². The second-order valence-corrected chi connectivity index (χ2v) is 7.34. The van der Waals surface area contributed by atoms with Crippen LogP contribution in [-0.4, -0.2) is 38.8 Å². The number of nitrogens with one attached hydrogen (secondary N) is 2. The highest BCUT2D eigenvalue weighted by molar-refractivity contribution is 8.25. The summed E-state index contributed by atoms with van der Waals surface area (Å²) in [6, 6.07) is 9.66. The first-order valence-corrected chi connectivity index (χ1v) is 8.58. The molecule has 0 aromatic heterocycles. The van der Waals surface area contributed by atoms with Crippen LogP contribution in [0.4, 0.5) is 4.79 Å². The first kappa shape index (κ1) is 16.8. The monoisotopic (exact) mass is 300 g/mol. The molecule has 2 amide bonds. The minimum Gasteiger partial charge on any atom is -0.338 e. The summed E-state index contributed by atoms with van der Waals surface area (Å²) in [5.41, 5.74) is 1.08. The number of urea groups is 1. The van der Waals surface area contributed by atoms with Gasteiger partial charge in [-0.25, -0.2) is 4.79 Å². The van der Waals surface area contributed by atoms with Crippen molar-refractivity contribution in [3.8, 4) is 0 Å². The van der Waals surface area contributed by atoms with Crippen molar-refractivity contribution in [1.82, 2.24) is 10.6 Å². The molecule has 0 aliphatic rings. The van der Waals surface area contributed by atoms with Crippen molar-refractivity contribution >= 4 is 16.6 Å². The number of amides is 2. The predicted molar refractivity (Wildman–Crippen MR) is 83.7 cm³/mol. The Morgan fingerprint density at radius 2 is 1.80 bits per heavy atom. The molecule has 0 radical (unpaired) electrons. The van der Waals surface area contributed by atoms with Crippen LogP contribution in [0.15, 0.2) is 30.3 Å². The molecule has 5 nitrogen and oxygen atoms in total. The average Bonchev–Trinajstić information content (AvgIpc) is 2.50. The summed E-state index contributed by atoms with van der Waals surface area (Å²) in [6.07, 6.45) is 2.79. The van der Waals surface area contributed by atoms with Crippen molar-refractivity contribution < 1.29 is 13.2 Å². The number of hydrogen-bond acceptors (Lipinski definition) is 3. The maximum Gasteiger partial charge on any atom is 0.315 e. The highest BCUT2D eigenvalue weighted by Crippen LogP contribution is 2.44. The van der Waals surface area contributed by atoms with Crippen molar-refractivity contribution in [3.63, 3.8) is 0 Å². The fraction of sp³-hybridized carbons (Fsp3) is 0.500. The number of carbonyl (C=O) groups is 1. The van der Waals surface area contributed by atoms with Gasteiger partial charge in [0.15, 0.2) is 0 Å². The predicted octanol–water partition coefficient (Wildman–Crippen LogP) is 2.43. The van der Waals surface area contributed by atoms with E-state index in [0.717, 1.165) is 17.7 Å². The van der Waals surface area contributed by atoms with Crippen LogP contribution >= 0.6 is 10.6 Å². The van der Waals surface area contributed by atoms with Crippen LogP contribution in [0, 0.1) is 0 Å². The summed E-state index contributed by atoms with van der Waals surface area (Å²) in [5, 5.41) is 5.64. The third-order valence-electron chi connectivity index (χ3n) is 2.98. The minimum atomic E-state index is -1.44. The fourth-order valence-corrected chi connectivity index (χ4v) is 2.75. The third-order valence-corrected chi connectivity index (χ3v) is 5.42. The quantitative estimate of drug-likeness (QED) is 0.725. The largest absolute Gasteiger partial charge is 0.338 e. The molecule has 1 rings (SSSR count). The number of hydrogen-bond donors (Lipinski definition) is 2. The Kier molecular flexibility index (Phi) is 7.43. The maximum absolute atomic E-state index is 11.6. The number of benzene rings is 1. The van der Waals surface area contributed by atoms with Gasteiger partial charge in [0.1, 0.15) is 0 Å². The van der Waals surface area contributed by atoms with Gasteiger partial charge in [0.25, 0.3) is 0 Å². The molecule has 2 N–H and O–H groups in total. The molecule has 20 heavy (non-hydrogen) atoms. The van der Waals surface area contributed by atoms with Gasteiger partial charge in [-0.2, -0.15) is 10.6 Å². The molecular weight excluding hydrogens is 276 g/mol. The number of carbonyl (C=O) groups excluding carboxylic acids is 1. The molecule has 0 unspecified atom stereocenters. The second-order valence-electron chi connectivity index (χ2n) is 4.41. The summed E-state index contributed by atoms with van der Waals surface area (Å²) in [5.74, 6) is 0.805. The molecule has 0 atom stereocenters. The molecule has 114 valence electrons. The first-order chi connectivity index (χ1) is 9.59. The fourth-order valence-electron chi connectivity index (χ4n) is 1.61. The third kappa shape index (κ3) is 6.27. The van der Waals surface area contributed by atoms with E-state index >= 15 is 0 Å². The molecular formula is C14H24N2O3S. The van der Waals surface area contributed by atoms with Crippen molar-refractivity contribution in [2.75, 3.05) is 32.8 Å². The van der Waals surface area contributed by atoms with Gasteiger partial charge in [0.2, 0.25) is 0 Å². The SMILES string of the molecule is COS(C)(CCCNC(=O)NCc1ccccc1)OC. The summed E-state index contributed by atoms with van der Waals surface area (Å²) < 4.78 is 10.7. The van der Waals surface area contributed by atoms with E-state index < -0.39 is 10.6 Å². The average molecular weight is 300 g/mol. The minimum absolute atomic E-state index is 0.152. The Balaban J connectivity index is 2.15. The zero-order valence-electron chi connectivity index (χ0n) is 12.3. The highest BCUT2D eigenvalue weighted by Gasteiger charge is 2.10. The topological polar surface area (TPSA) is 59.6 Å². The van der Waals surface area contributed by atoms with E-state index in [1.807, 2.05) is 36.6 Å². The van der Waals surface area contributed by atoms with Gasteiger partial charge in [-0.05, 0) is 12.0 Å². The molecule has 0 aliphatic carbocycles. The van der Waals surface area contributed by atoms with E-state index in [-0.39, 0.29) is 6.03 Å². The molecule has 0 heterocycles.